The van der Waals surface area contributed by atoms with E-state index in [2.05, 4.69) is 5.32 Å². The Hall–Kier alpha value is -0.570. The Morgan fingerprint density at radius 1 is 0.917 bits per heavy atom. The number of nitrogens with one attached hydrogen (secondary N) is 2. The summed E-state index contributed by atoms with van der Waals surface area (Å²) >= 11 is 0. The summed E-state index contributed by atoms with van der Waals surface area (Å²) in [4.78, 5) is 14.6. The maximum atomic E-state index is 12.9. The zero-order chi connectivity index (χ0) is 16.1. The first kappa shape index (κ1) is 15.7. The summed E-state index contributed by atoms with van der Waals surface area (Å²) in [5.41, 5.74) is 0.201. The molecule has 1 unspecified atom stereocenters. The van der Waals surface area contributed by atoms with Crippen LogP contribution in [0.25, 0.3) is 0 Å². The first-order chi connectivity index (χ1) is 11.7. The fourth-order valence-electron chi connectivity index (χ4n) is 7.90. The molecule has 2 N–H and O–H groups in total. The predicted molar refractivity (Wildman–Crippen MR) is 94.7 cm³/mol. The van der Waals surface area contributed by atoms with Crippen molar-refractivity contribution in [2.45, 2.75) is 88.6 Å². The molecular weight excluding hydrogens is 296 g/mol. The highest BCUT2D eigenvalue weighted by molar-refractivity contribution is 5.77. The van der Waals surface area contributed by atoms with Gasteiger partial charge < -0.3 is 10.2 Å². The van der Waals surface area contributed by atoms with Gasteiger partial charge in [0.2, 0.25) is 0 Å². The zero-order valence-electron chi connectivity index (χ0n) is 15.2. The van der Waals surface area contributed by atoms with Gasteiger partial charge in [-0.25, -0.2) is 0 Å². The second-order valence-electron chi connectivity index (χ2n) is 10.1. The van der Waals surface area contributed by atoms with Gasteiger partial charge in [0, 0.05) is 11.5 Å². The molecule has 6 aliphatic rings. The molecule has 0 radical (unpaired) electrons. The lowest BCUT2D eigenvalue weighted by atomic mass is 9.53. The molecule has 1 aliphatic heterocycles. The fraction of sp³-hybridized carbons (Fsp3) is 0.952. The Morgan fingerprint density at radius 2 is 1.54 bits per heavy atom. The molecule has 0 aromatic rings. The molecule has 0 aromatic heterocycles. The summed E-state index contributed by atoms with van der Waals surface area (Å²) < 4.78 is 0. The monoisotopic (exact) mass is 331 g/mol. The molecule has 3 nitrogen and oxygen atoms in total. The van der Waals surface area contributed by atoms with Gasteiger partial charge in [-0.05, 0) is 88.4 Å². The van der Waals surface area contributed by atoms with E-state index in [1.54, 1.807) is 4.90 Å². The molecule has 5 saturated carbocycles. The number of piperidine rings is 1. The molecule has 1 saturated heterocycles. The Bertz CT molecular complexity index is 465. The highest BCUT2D eigenvalue weighted by atomic mass is 16.2. The van der Waals surface area contributed by atoms with Crippen LogP contribution in [0.4, 0.5) is 0 Å². The number of hydrogen-bond acceptors (Lipinski definition) is 1. The van der Waals surface area contributed by atoms with Crippen molar-refractivity contribution in [2.24, 2.45) is 23.7 Å². The molecule has 1 heterocycles. The normalized spacial score (nSPS) is 49.7. The molecule has 1 amide bonds. The number of amides is 1. The highest BCUT2D eigenvalue weighted by Crippen LogP contribution is 2.55. The minimum atomic E-state index is 0.201. The number of carbonyl (C=O) groups is 1. The standard InChI is InChI=1S/C21H34N2O/c24-20(14-23-7-3-5-18-4-1-2-6-19(18)23)22-21-11-15-8-16(12-21)10-17(9-15)13-21/h15-19H,1-14H2,(H,22,24)/p+1/t15?,16?,17?,18-,19-,21?/m1/s1. The summed E-state index contributed by atoms with van der Waals surface area (Å²) in [5, 5.41) is 3.61. The number of hydrogen-bond donors (Lipinski definition) is 2. The third-order valence-electron chi connectivity index (χ3n) is 8.34. The Labute approximate surface area is 146 Å². The van der Waals surface area contributed by atoms with Crippen molar-refractivity contribution >= 4 is 5.91 Å². The summed E-state index contributed by atoms with van der Waals surface area (Å²) in [6, 6.07) is 0.787. The first-order valence-corrected chi connectivity index (χ1v) is 10.8. The van der Waals surface area contributed by atoms with E-state index in [0.717, 1.165) is 36.3 Å². The SMILES string of the molecule is O=C(C[NH+]1CCC[C@H]2CCCC[C@H]21)NC12CC3CC(CC(C3)C1)C2. The quantitative estimate of drug-likeness (QED) is 0.817. The average molecular weight is 332 g/mol. The molecule has 0 aromatic carbocycles. The van der Waals surface area contributed by atoms with Gasteiger partial charge >= 0.3 is 0 Å². The van der Waals surface area contributed by atoms with Crippen molar-refractivity contribution in [3.05, 3.63) is 0 Å². The molecule has 4 bridgehead atoms. The molecule has 6 fully saturated rings. The lowest BCUT2D eigenvalue weighted by Crippen LogP contribution is -3.18. The van der Waals surface area contributed by atoms with Crippen LogP contribution in [-0.2, 0) is 4.79 Å². The molecule has 3 atom stereocenters. The van der Waals surface area contributed by atoms with Gasteiger partial charge in [0.15, 0.2) is 6.54 Å². The van der Waals surface area contributed by atoms with Crippen LogP contribution in [0.3, 0.4) is 0 Å². The lowest BCUT2D eigenvalue weighted by molar-refractivity contribution is -0.928. The maximum Gasteiger partial charge on any atom is 0.275 e. The van der Waals surface area contributed by atoms with Gasteiger partial charge in [0.1, 0.15) is 0 Å². The second-order valence-corrected chi connectivity index (χ2v) is 10.1. The summed E-state index contributed by atoms with van der Waals surface area (Å²) in [6.45, 7) is 1.98. The van der Waals surface area contributed by atoms with Crippen LogP contribution < -0.4 is 10.2 Å². The topological polar surface area (TPSA) is 33.5 Å². The third-order valence-corrected chi connectivity index (χ3v) is 8.34. The predicted octanol–water partition coefficient (Wildman–Crippen LogP) is 2.31. The number of carbonyl (C=O) groups excluding carboxylic acids is 1. The summed E-state index contributed by atoms with van der Waals surface area (Å²) in [7, 11) is 0. The van der Waals surface area contributed by atoms with Crippen LogP contribution in [0.15, 0.2) is 0 Å². The van der Waals surface area contributed by atoms with E-state index in [1.165, 1.54) is 83.6 Å². The number of quaternary nitrogens is 1. The van der Waals surface area contributed by atoms with E-state index in [0.29, 0.717) is 5.91 Å². The molecule has 5 aliphatic carbocycles. The molecule has 134 valence electrons. The second kappa shape index (κ2) is 6.00. The molecule has 24 heavy (non-hydrogen) atoms. The third kappa shape index (κ3) is 2.81. The van der Waals surface area contributed by atoms with E-state index >= 15 is 0 Å². The van der Waals surface area contributed by atoms with E-state index in [9.17, 15) is 4.79 Å². The fourth-order valence-corrected chi connectivity index (χ4v) is 7.90. The van der Waals surface area contributed by atoms with Gasteiger partial charge in [0.25, 0.3) is 5.91 Å². The van der Waals surface area contributed by atoms with E-state index in [4.69, 9.17) is 0 Å². The Kier molecular flexibility index (Phi) is 3.92. The van der Waals surface area contributed by atoms with Crippen molar-refractivity contribution < 1.29 is 9.69 Å². The van der Waals surface area contributed by atoms with Crippen molar-refractivity contribution in [3.63, 3.8) is 0 Å². The number of rotatable bonds is 3. The van der Waals surface area contributed by atoms with Crippen molar-refractivity contribution in [3.8, 4) is 0 Å². The van der Waals surface area contributed by atoms with E-state index < -0.39 is 0 Å². The molecule has 3 heteroatoms. The smallest absolute Gasteiger partial charge is 0.275 e. The molecular formula is C21H35N2O+. The van der Waals surface area contributed by atoms with Crippen LogP contribution in [0.5, 0.6) is 0 Å². The van der Waals surface area contributed by atoms with Crippen molar-refractivity contribution in [1.29, 1.82) is 0 Å². The largest absolute Gasteiger partial charge is 0.346 e. The van der Waals surface area contributed by atoms with Gasteiger partial charge in [-0.3, -0.25) is 4.79 Å². The number of fused-ring (bicyclic) bond motifs is 1. The first-order valence-electron chi connectivity index (χ1n) is 10.8. The zero-order valence-corrected chi connectivity index (χ0v) is 15.2. The van der Waals surface area contributed by atoms with Crippen LogP contribution in [-0.4, -0.2) is 30.6 Å². The van der Waals surface area contributed by atoms with Gasteiger partial charge in [0.05, 0.1) is 12.6 Å². The summed E-state index contributed by atoms with van der Waals surface area (Å²) in [5.74, 6) is 4.04. The minimum Gasteiger partial charge on any atom is -0.346 e. The van der Waals surface area contributed by atoms with Crippen molar-refractivity contribution in [1.82, 2.24) is 5.32 Å². The van der Waals surface area contributed by atoms with E-state index in [-0.39, 0.29) is 5.54 Å². The van der Waals surface area contributed by atoms with Crippen LogP contribution in [0.1, 0.15) is 77.0 Å². The minimum absolute atomic E-state index is 0.201. The Morgan fingerprint density at radius 3 is 2.25 bits per heavy atom. The molecule has 0 spiro atoms. The Balaban J connectivity index is 1.23. The lowest BCUT2D eigenvalue weighted by Gasteiger charge is -2.57. The van der Waals surface area contributed by atoms with Crippen molar-refractivity contribution in [2.75, 3.05) is 13.1 Å². The van der Waals surface area contributed by atoms with Gasteiger partial charge in [-0.1, -0.05) is 6.42 Å². The van der Waals surface area contributed by atoms with Gasteiger partial charge in [-0.2, -0.15) is 0 Å². The average Bonchev–Trinajstić information content (AvgIpc) is 2.53. The highest BCUT2D eigenvalue weighted by Gasteiger charge is 2.51. The number of likely N-dealkylation sites (tertiary alicyclic amines) is 1. The van der Waals surface area contributed by atoms with Gasteiger partial charge in [-0.15, -0.1) is 0 Å². The van der Waals surface area contributed by atoms with Crippen LogP contribution in [0.2, 0.25) is 0 Å². The maximum absolute atomic E-state index is 12.9. The van der Waals surface area contributed by atoms with Crippen LogP contribution in [0, 0.1) is 23.7 Å². The summed E-state index contributed by atoms with van der Waals surface area (Å²) in [6.07, 6.45) is 16.6. The van der Waals surface area contributed by atoms with Crippen LogP contribution >= 0.6 is 0 Å². The van der Waals surface area contributed by atoms with E-state index in [1.807, 2.05) is 0 Å². The molecule has 6 rings (SSSR count).